The van der Waals surface area contributed by atoms with Crippen molar-refractivity contribution in [1.29, 1.82) is 5.26 Å². The Morgan fingerprint density at radius 2 is 0.703 bits per heavy atom. The Morgan fingerprint density at radius 3 is 1.08 bits per heavy atom. The van der Waals surface area contributed by atoms with Gasteiger partial charge >= 0.3 is 0 Å². The molecule has 12 aromatic rings. The Balaban J connectivity index is 1.11. The van der Waals surface area contributed by atoms with Gasteiger partial charge in [0.2, 0.25) is 0 Å². The highest BCUT2D eigenvalue weighted by Crippen LogP contribution is 2.49. The molecule has 0 unspecified atom stereocenters. The summed E-state index contributed by atoms with van der Waals surface area (Å²) in [6.07, 6.45) is 0. The van der Waals surface area contributed by atoms with Gasteiger partial charge < -0.3 is 9.80 Å². The van der Waals surface area contributed by atoms with Crippen LogP contribution in [-0.2, 0) is 0 Å². The van der Waals surface area contributed by atoms with Gasteiger partial charge in [0, 0.05) is 34.3 Å². The van der Waals surface area contributed by atoms with Crippen LogP contribution in [0.15, 0.2) is 231 Å². The van der Waals surface area contributed by atoms with Crippen LogP contribution in [-0.4, -0.2) is 0 Å². The Bertz CT molecular complexity index is 3890. The van der Waals surface area contributed by atoms with Crippen molar-refractivity contribution in [2.45, 2.75) is 0 Å². The number of rotatable bonds is 10. The Kier molecular flexibility index (Phi) is 11.4. The van der Waals surface area contributed by atoms with Gasteiger partial charge in [0.25, 0.3) is 0 Å². The lowest BCUT2D eigenvalue weighted by molar-refractivity contribution is 0.583. The lowest BCUT2D eigenvalue weighted by atomic mass is 9.91. The molecule has 12 rings (SSSR count). The summed E-state index contributed by atoms with van der Waals surface area (Å²) in [7, 11) is 0. The van der Waals surface area contributed by atoms with Crippen molar-refractivity contribution in [3.05, 3.63) is 271 Å². The minimum Gasteiger partial charge on any atom is -0.310 e. The summed E-state index contributed by atoms with van der Waals surface area (Å²) in [6.45, 7) is 7.56. The highest BCUT2D eigenvalue weighted by Gasteiger charge is 2.25. The first kappa shape index (κ1) is 45.1. The molecule has 0 aliphatic rings. The molecule has 0 N–H and O–H groups in total. The Labute approximate surface area is 424 Å². The molecule has 0 saturated heterocycles. The van der Waals surface area contributed by atoms with Gasteiger partial charge in [-0.15, -0.1) is 0 Å². The number of hydrogen-bond donors (Lipinski definition) is 0. The summed E-state index contributed by atoms with van der Waals surface area (Å²) in [5.74, 6) is -2.97. The molecule has 8 heteroatoms. The number of hydrogen-bond acceptors (Lipinski definition) is 3. The summed E-state index contributed by atoms with van der Waals surface area (Å²) in [4.78, 5) is 7.35. The number of anilines is 6. The van der Waals surface area contributed by atoms with E-state index in [-0.39, 0.29) is 11.4 Å². The average molecular weight is 963 g/mol. The summed E-state index contributed by atoms with van der Waals surface area (Å²) in [5.41, 5.74) is 11.0. The minimum atomic E-state index is -0.743. The second-order valence-electron chi connectivity index (χ2n) is 18.1. The molecule has 74 heavy (non-hydrogen) atoms. The van der Waals surface area contributed by atoms with Crippen LogP contribution in [0.2, 0.25) is 0 Å². The maximum absolute atomic E-state index is 15.6. The van der Waals surface area contributed by atoms with Crippen molar-refractivity contribution < 1.29 is 17.6 Å². The lowest BCUT2D eigenvalue weighted by Gasteiger charge is -2.30. The number of nitriles is 1. The number of benzene rings is 12. The number of nitrogens with zero attached hydrogens (tertiary/aromatic N) is 4. The van der Waals surface area contributed by atoms with Crippen molar-refractivity contribution in [3.63, 3.8) is 0 Å². The van der Waals surface area contributed by atoms with E-state index in [0.29, 0.717) is 34.0 Å². The Morgan fingerprint density at radius 1 is 0.351 bits per heavy atom. The molecule has 350 valence electrons. The molecule has 0 aromatic heterocycles. The van der Waals surface area contributed by atoms with E-state index in [1.165, 1.54) is 24.3 Å². The van der Waals surface area contributed by atoms with Crippen LogP contribution in [0.4, 0.5) is 57.4 Å². The van der Waals surface area contributed by atoms with Crippen LogP contribution >= 0.6 is 0 Å². The zero-order valence-corrected chi connectivity index (χ0v) is 39.2. The van der Waals surface area contributed by atoms with Gasteiger partial charge in [-0.2, -0.15) is 5.26 Å². The molecule has 0 aliphatic carbocycles. The minimum absolute atomic E-state index is 0.256. The van der Waals surface area contributed by atoms with E-state index < -0.39 is 23.3 Å². The molecule has 0 amide bonds. The highest BCUT2D eigenvalue weighted by atomic mass is 19.1. The van der Waals surface area contributed by atoms with Crippen LogP contribution in [0.5, 0.6) is 0 Å². The lowest BCUT2D eigenvalue weighted by Crippen LogP contribution is -2.12. The van der Waals surface area contributed by atoms with E-state index in [9.17, 15) is 5.26 Å². The van der Waals surface area contributed by atoms with Gasteiger partial charge in [-0.25, -0.2) is 22.4 Å². The summed E-state index contributed by atoms with van der Waals surface area (Å²) < 4.78 is 62.4. The van der Waals surface area contributed by atoms with E-state index >= 15 is 17.6 Å². The molecule has 0 bridgehead atoms. The Hall–Kier alpha value is -10.0. The van der Waals surface area contributed by atoms with E-state index in [1.807, 2.05) is 168 Å². The molecule has 0 saturated carbocycles. The second kappa shape index (κ2) is 18.6. The third kappa shape index (κ3) is 8.37. The van der Waals surface area contributed by atoms with Crippen molar-refractivity contribution >= 4 is 72.1 Å². The van der Waals surface area contributed by atoms with Crippen LogP contribution in [0.25, 0.3) is 81.7 Å². The van der Waals surface area contributed by atoms with E-state index in [4.69, 9.17) is 6.57 Å². The first-order valence-electron chi connectivity index (χ1n) is 23.8. The van der Waals surface area contributed by atoms with Crippen molar-refractivity contribution in [2.75, 3.05) is 9.80 Å². The fourth-order valence-electron chi connectivity index (χ4n) is 10.2. The third-order valence-corrected chi connectivity index (χ3v) is 13.6. The van der Waals surface area contributed by atoms with Crippen molar-refractivity contribution in [3.8, 4) is 50.6 Å². The fraction of sp³-hybridized carbons (Fsp3) is 0. The SMILES string of the molecule is [C-]#[N+]c1ccc(-c2cc(-c3ccccc3)cc(N(c3cc(F)cc(F)c3)c3ccc4ccc5c(N(c6cc(F)cc(F)c6)c6cc(-c7ccccc7)cc(-c7ccc(C#N)cc7)c6)ccc6ccc3c4c65)c2)cc1. The predicted octanol–water partition coefficient (Wildman–Crippen LogP) is 19.2. The van der Waals surface area contributed by atoms with Gasteiger partial charge in [-0.1, -0.05) is 133 Å². The van der Waals surface area contributed by atoms with Crippen LogP contribution in [0.3, 0.4) is 0 Å². The standard InChI is InChI=1S/C66H38F4N4/c1-72-56-22-16-45(17-23-56)51-29-49(43-10-6-3-7-11-43)31-58(33-51)74(60-38-54(69)35-55(70)39-60)64-27-21-47-18-24-61-63(26-20-46-19-25-62(64)66(47)65(46)61)73(59-36-52(67)34-53(68)37-59)57-30-48(42-8-4-2-5-9-42)28-50(32-57)44-14-12-41(40-71)13-15-44/h2-39H. The van der Waals surface area contributed by atoms with Crippen molar-refractivity contribution in [2.24, 2.45) is 0 Å². The van der Waals surface area contributed by atoms with Gasteiger partial charge in [-0.3, -0.25) is 0 Å². The maximum Gasteiger partial charge on any atom is 0.187 e. The molecule has 0 spiro atoms. The van der Waals surface area contributed by atoms with Crippen LogP contribution in [0.1, 0.15) is 5.56 Å². The normalized spacial score (nSPS) is 11.2. The largest absolute Gasteiger partial charge is 0.310 e. The molecule has 12 aromatic carbocycles. The van der Waals surface area contributed by atoms with Gasteiger partial charge in [0.1, 0.15) is 23.3 Å². The third-order valence-electron chi connectivity index (χ3n) is 13.6. The smallest absolute Gasteiger partial charge is 0.187 e. The average Bonchev–Trinajstić information content (AvgIpc) is 3.43. The first-order chi connectivity index (χ1) is 36.2. The zero-order chi connectivity index (χ0) is 50.5. The van der Waals surface area contributed by atoms with E-state index in [1.54, 1.807) is 24.3 Å². The van der Waals surface area contributed by atoms with E-state index in [2.05, 4.69) is 23.0 Å². The molecule has 0 atom stereocenters. The topological polar surface area (TPSA) is 34.6 Å². The van der Waals surface area contributed by atoms with Crippen molar-refractivity contribution in [1.82, 2.24) is 0 Å². The molecular weight excluding hydrogens is 925 g/mol. The molecular formula is C66H38F4N4. The van der Waals surface area contributed by atoms with Gasteiger partial charge in [0.15, 0.2) is 5.69 Å². The highest BCUT2D eigenvalue weighted by molar-refractivity contribution is 6.28. The number of halogens is 4. The quantitative estimate of drug-likeness (QED) is 0.0778. The van der Waals surface area contributed by atoms with Gasteiger partial charge in [0.05, 0.1) is 41.0 Å². The zero-order valence-electron chi connectivity index (χ0n) is 39.2. The molecule has 0 heterocycles. The van der Waals surface area contributed by atoms with Gasteiger partial charge in [-0.05, 0) is 151 Å². The monoisotopic (exact) mass is 962 g/mol. The summed E-state index contributed by atoms with van der Waals surface area (Å²) in [5, 5.41) is 14.7. The van der Waals surface area contributed by atoms with Crippen LogP contribution in [0, 0.1) is 41.2 Å². The molecule has 0 aliphatic heterocycles. The molecule has 0 fully saturated rings. The first-order valence-corrected chi connectivity index (χ1v) is 23.8. The van der Waals surface area contributed by atoms with Crippen LogP contribution < -0.4 is 9.80 Å². The van der Waals surface area contributed by atoms with E-state index in [0.717, 1.165) is 89.0 Å². The molecule has 0 radical (unpaired) electrons. The molecule has 4 nitrogen and oxygen atoms in total. The summed E-state index contributed by atoms with van der Waals surface area (Å²) in [6, 6.07) is 71.8. The predicted molar refractivity (Wildman–Crippen MR) is 292 cm³/mol. The summed E-state index contributed by atoms with van der Waals surface area (Å²) >= 11 is 0. The second-order valence-corrected chi connectivity index (χ2v) is 18.1. The fourth-order valence-corrected chi connectivity index (χ4v) is 10.2. The maximum atomic E-state index is 15.6.